The molecule has 0 aromatic carbocycles. The van der Waals surface area contributed by atoms with Crippen LogP contribution in [0.5, 0.6) is 0 Å². The summed E-state index contributed by atoms with van der Waals surface area (Å²) in [5.74, 6) is 0.818. The third kappa shape index (κ3) is 10.0. The second-order valence-corrected chi connectivity index (χ2v) is 3.18. The summed E-state index contributed by atoms with van der Waals surface area (Å²) in [4.78, 5) is 0. The van der Waals surface area contributed by atoms with Crippen molar-refractivity contribution in [3.63, 3.8) is 0 Å². The van der Waals surface area contributed by atoms with Crippen molar-refractivity contribution in [2.24, 2.45) is 0 Å². The van der Waals surface area contributed by atoms with Crippen molar-refractivity contribution < 1.29 is 0 Å². The zero-order chi connectivity index (χ0) is 8.36. The molecule has 0 bridgehead atoms. The van der Waals surface area contributed by atoms with Crippen LogP contribution in [-0.4, -0.2) is 5.88 Å². The third-order valence-corrected chi connectivity index (χ3v) is 1.89. The Morgan fingerprint density at radius 2 is 1.73 bits per heavy atom. The largest absolute Gasteiger partial charge is 0.127 e. The first-order valence-electron chi connectivity index (χ1n) is 4.62. The molecule has 0 fully saturated rings. The SMILES string of the molecule is CCC/C=C/CCCCCCl. The second-order valence-electron chi connectivity index (χ2n) is 2.80. The van der Waals surface area contributed by atoms with E-state index in [-0.39, 0.29) is 0 Å². The number of rotatable bonds is 7. The van der Waals surface area contributed by atoms with E-state index in [9.17, 15) is 0 Å². The molecular weight excluding hydrogens is 156 g/mol. The third-order valence-electron chi connectivity index (χ3n) is 1.63. The quantitative estimate of drug-likeness (QED) is 0.309. The lowest BCUT2D eigenvalue weighted by atomic mass is 10.2. The number of hydrogen-bond acceptors (Lipinski definition) is 0. The molecule has 0 aliphatic heterocycles. The van der Waals surface area contributed by atoms with Crippen molar-refractivity contribution >= 4 is 11.6 Å². The maximum absolute atomic E-state index is 5.55. The second kappa shape index (κ2) is 10.0. The molecule has 0 aliphatic rings. The van der Waals surface area contributed by atoms with E-state index in [2.05, 4.69) is 19.1 Å². The van der Waals surface area contributed by atoms with Gasteiger partial charge in [-0.25, -0.2) is 0 Å². The van der Waals surface area contributed by atoms with Crippen LogP contribution in [0, 0.1) is 0 Å². The van der Waals surface area contributed by atoms with Gasteiger partial charge in [0.05, 0.1) is 0 Å². The van der Waals surface area contributed by atoms with Crippen LogP contribution in [0.4, 0.5) is 0 Å². The van der Waals surface area contributed by atoms with Crippen molar-refractivity contribution in [1.29, 1.82) is 0 Å². The van der Waals surface area contributed by atoms with Gasteiger partial charge in [0.25, 0.3) is 0 Å². The smallest absolute Gasteiger partial charge is 0.0223 e. The van der Waals surface area contributed by atoms with Crippen LogP contribution in [0.25, 0.3) is 0 Å². The van der Waals surface area contributed by atoms with E-state index in [1.165, 1.54) is 38.5 Å². The van der Waals surface area contributed by atoms with Gasteiger partial charge in [-0.2, -0.15) is 0 Å². The molecule has 0 N–H and O–H groups in total. The Balaban J connectivity index is 2.89. The highest BCUT2D eigenvalue weighted by Gasteiger charge is 1.84. The van der Waals surface area contributed by atoms with E-state index in [0.29, 0.717) is 0 Å². The van der Waals surface area contributed by atoms with Gasteiger partial charge in [-0.05, 0) is 25.7 Å². The van der Waals surface area contributed by atoms with Crippen LogP contribution in [-0.2, 0) is 0 Å². The first-order valence-corrected chi connectivity index (χ1v) is 5.16. The van der Waals surface area contributed by atoms with Crippen molar-refractivity contribution in [1.82, 2.24) is 0 Å². The highest BCUT2D eigenvalue weighted by Crippen LogP contribution is 2.02. The average Bonchev–Trinajstić information content (AvgIpc) is 2.03. The van der Waals surface area contributed by atoms with Gasteiger partial charge < -0.3 is 0 Å². The van der Waals surface area contributed by atoms with Crippen LogP contribution in [0.3, 0.4) is 0 Å². The fraction of sp³-hybridized carbons (Fsp3) is 0.800. The summed E-state index contributed by atoms with van der Waals surface area (Å²) in [5.41, 5.74) is 0. The van der Waals surface area contributed by atoms with Gasteiger partial charge in [0.15, 0.2) is 0 Å². The van der Waals surface area contributed by atoms with Gasteiger partial charge in [-0.3, -0.25) is 0 Å². The summed E-state index contributed by atoms with van der Waals surface area (Å²) in [6, 6.07) is 0. The highest BCUT2D eigenvalue weighted by molar-refractivity contribution is 6.17. The van der Waals surface area contributed by atoms with E-state index in [1.807, 2.05) is 0 Å². The van der Waals surface area contributed by atoms with E-state index < -0.39 is 0 Å². The lowest BCUT2D eigenvalue weighted by Gasteiger charge is -1.92. The maximum Gasteiger partial charge on any atom is 0.0223 e. The number of alkyl halides is 1. The van der Waals surface area contributed by atoms with E-state index in [0.717, 1.165) is 5.88 Å². The van der Waals surface area contributed by atoms with Gasteiger partial charge in [-0.1, -0.05) is 31.9 Å². The molecule has 1 heteroatoms. The maximum atomic E-state index is 5.55. The van der Waals surface area contributed by atoms with Crippen molar-refractivity contribution in [2.45, 2.75) is 45.4 Å². The van der Waals surface area contributed by atoms with Gasteiger partial charge in [0.2, 0.25) is 0 Å². The summed E-state index contributed by atoms with van der Waals surface area (Å²) in [7, 11) is 0. The number of unbranched alkanes of at least 4 members (excludes halogenated alkanes) is 4. The Morgan fingerprint density at radius 1 is 1.00 bits per heavy atom. The van der Waals surface area contributed by atoms with Crippen molar-refractivity contribution in [3.05, 3.63) is 12.2 Å². The molecule has 0 aliphatic carbocycles. The molecule has 0 spiro atoms. The van der Waals surface area contributed by atoms with Gasteiger partial charge in [-0.15, -0.1) is 11.6 Å². The van der Waals surface area contributed by atoms with Crippen LogP contribution in [0.15, 0.2) is 12.2 Å². The van der Waals surface area contributed by atoms with E-state index >= 15 is 0 Å². The molecule has 0 rings (SSSR count). The molecule has 0 radical (unpaired) electrons. The first kappa shape index (κ1) is 11.0. The zero-order valence-electron chi connectivity index (χ0n) is 7.48. The van der Waals surface area contributed by atoms with Gasteiger partial charge in [0.1, 0.15) is 0 Å². The predicted octanol–water partition coefficient (Wildman–Crippen LogP) is 4.14. The lowest BCUT2D eigenvalue weighted by molar-refractivity contribution is 0.731. The van der Waals surface area contributed by atoms with Gasteiger partial charge in [0, 0.05) is 5.88 Å². The monoisotopic (exact) mass is 174 g/mol. The first-order chi connectivity index (χ1) is 5.41. The molecule has 66 valence electrons. The molecular formula is C10H19Cl. The van der Waals surface area contributed by atoms with E-state index in [4.69, 9.17) is 11.6 Å². The van der Waals surface area contributed by atoms with Crippen LogP contribution < -0.4 is 0 Å². The Morgan fingerprint density at radius 3 is 2.36 bits per heavy atom. The Bertz CT molecular complexity index is 86.9. The molecule has 0 aromatic rings. The summed E-state index contributed by atoms with van der Waals surface area (Å²) < 4.78 is 0. The minimum atomic E-state index is 0.818. The molecule has 0 aromatic heterocycles. The normalized spacial score (nSPS) is 11.1. The predicted molar refractivity (Wildman–Crippen MR) is 53.2 cm³/mol. The molecule has 0 amide bonds. The Labute approximate surface area is 75.6 Å². The lowest BCUT2D eigenvalue weighted by Crippen LogP contribution is -1.76. The molecule has 0 heterocycles. The zero-order valence-corrected chi connectivity index (χ0v) is 8.24. The van der Waals surface area contributed by atoms with Crippen LogP contribution in [0.1, 0.15) is 45.4 Å². The Hall–Kier alpha value is 0.0300. The minimum absolute atomic E-state index is 0.818. The van der Waals surface area contributed by atoms with E-state index in [1.54, 1.807) is 0 Å². The van der Waals surface area contributed by atoms with Crippen molar-refractivity contribution in [3.8, 4) is 0 Å². The molecule has 11 heavy (non-hydrogen) atoms. The standard InChI is InChI=1S/C10H19Cl/c1-2-3-4-5-6-7-8-9-10-11/h4-5H,2-3,6-10H2,1H3/b5-4+. The number of hydrogen-bond donors (Lipinski definition) is 0. The van der Waals surface area contributed by atoms with Crippen LogP contribution >= 0.6 is 11.6 Å². The fourth-order valence-electron chi connectivity index (χ4n) is 0.936. The molecule has 0 unspecified atom stereocenters. The highest BCUT2D eigenvalue weighted by atomic mass is 35.5. The summed E-state index contributed by atoms with van der Waals surface area (Å²) in [6.45, 7) is 2.21. The van der Waals surface area contributed by atoms with Crippen molar-refractivity contribution in [2.75, 3.05) is 5.88 Å². The average molecular weight is 175 g/mol. The summed E-state index contributed by atoms with van der Waals surface area (Å²) in [6.07, 6.45) is 12.0. The molecule has 0 nitrogen and oxygen atoms in total. The molecule has 0 saturated carbocycles. The molecule has 0 saturated heterocycles. The number of allylic oxidation sites excluding steroid dienone is 2. The Kier molecular flexibility index (Phi) is 10.1. The van der Waals surface area contributed by atoms with Crippen LogP contribution in [0.2, 0.25) is 0 Å². The summed E-state index contributed by atoms with van der Waals surface area (Å²) in [5, 5.41) is 0. The minimum Gasteiger partial charge on any atom is -0.127 e. The fourth-order valence-corrected chi connectivity index (χ4v) is 1.12. The number of halogens is 1. The van der Waals surface area contributed by atoms with Gasteiger partial charge >= 0.3 is 0 Å². The topological polar surface area (TPSA) is 0 Å². The molecule has 0 atom stereocenters. The summed E-state index contributed by atoms with van der Waals surface area (Å²) >= 11 is 5.55.